The van der Waals surface area contributed by atoms with Crippen LogP contribution >= 0.6 is 0 Å². The Morgan fingerprint density at radius 3 is 2.67 bits per heavy atom. The number of nitrogens with one attached hydrogen (secondary N) is 1. The fourth-order valence-corrected chi connectivity index (χ4v) is 2.04. The van der Waals surface area contributed by atoms with Gasteiger partial charge in [0, 0.05) is 5.70 Å². The van der Waals surface area contributed by atoms with Gasteiger partial charge in [0.15, 0.2) is 6.61 Å². The average molecular weight is 257 g/mol. The number of halogens is 3. The quantitative estimate of drug-likeness (QED) is 0.820. The van der Waals surface area contributed by atoms with E-state index in [2.05, 4.69) is 5.32 Å². The van der Waals surface area contributed by atoms with Gasteiger partial charge in [0.2, 0.25) is 0 Å². The third kappa shape index (κ3) is 2.97. The Bertz CT molecular complexity index is 469. The highest BCUT2D eigenvalue weighted by molar-refractivity contribution is 5.48. The molecule has 0 saturated carbocycles. The highest BCUT2D eigenvalue weighted by atomic mass is 19.4. The van der Waals surface area contributed by atoms with Gasteiger partial charge in [0.05, 0.1) is 6.04 Å². The lowest BCUT2D eigenvalue weighted by Crippen LogP contribution is -2.32. The monoisotopic (exact) mass is 257 g/mol. The van der Waals surface area contributed by atoms with E-state index < -0.39 is 12.8 Å². The Balaban J connectivity index is 2.10. The molecule has 1 unspecified atom stereocenters. The molecule has 2 nitrogen and oxygen atoms in total. The summed E-state index contributed by atoms with van der Waals surface area (Å²) in [7, 11) is 0. The van der Waals surface area contributed by atoms with Gasteiger partial charge in [-0.2, -0.15) is 13.2 Å². The van der Waals surface area contributed by atoms with Gasteiger partial charge in [-0.3, -0.25) is 0 Å². The topological polar surface area (TPSA) is 21.3 Å². The Hall–Kier alpha value is -1.65. The maximum atomic E-state index is 12.1. The van der Waals surface area contributed by atoms with Crippen LogP contribution in [0.25, 0.3) is 0 Å². The van der Waals surface area contributed by atoms with Crippen LogP contribution in [0.2, 0.25) is 0 Å². The average Bonchev–Trinajstić information content (AvgIpc) is 2.24. The molecule has 5 heteroatoms. The summed E-state index contributed by atoms with van der Waals surface area (Å²) in [5.74, 6) is 0.246. The zero-order valence-corrected chi connectivity index (χ0v) is 10.1. The lowest BCUT2D eigenvalue weighted by atomic mass is 9.93. The molecule has 18 heavy (non-hydrogen) atoms. The van der Waals surface area contributed by atoms with Gasteiger partial charge >= 0.3 is 6.18 Å². The van der Waals surface area contributed by atoms with Crippen LogP contribution in [0.15, 0.2) is 46.9 Å². The van der Waals surface area contributed by atoms with Crippen molar-refractivity contribution in [3.8, 4) is 0 Å². The summed E-state index contributed by atoms with van der Waals surface area (Å²) >= 11 is 0. The summed E-state index contributed by atoms with van der Waals surface area (Å²) in [6.45, 7) is 2.64. The van der Waals surface area contributed by atoms with Crippen molar-refractivity contribution in [1.82, 2.24) is 5.32 Å². The zero-order chi connectivity index (χ0) is 13.3. The zero-order valence-electron chi connectivity index (χ0n) is 10.1. The van der Waals surface area contributed by atoms with Crippen LogP contribution in [0.4, 0.5) is 13.2 Å². The molecule has 2 rings (SSSR count). The number of hydrogen-bond donors (Lipinski definition) is 1. The van der Waals surface area contributed by atoms with Crippen LogP contribution in [-0.4, -0.2) is 18.8 Å². The van der Waals surface area contributed by atoms with Crippen molar-refractivity contribution in [2.24, 2.45) is 0 Å². The van der Waals surface area contributed by atoms with Crippen molar-refractivity contribution in [3.05, 3.63) is 46.9 Å². The molecule has 1 aliphatic carbocycles. The molecule has 0 aromatic heterocycles. The first kappa shape index (κ1) is 12.8. The highest BCUT2D eigenvalue weighted by Crippen LogP contribution is 2.26. The van der Waals surface area contributed by atoms with E-state index in [0.717, 1.165) is 16.8 Å². The van der Waals surface area contributed by atoms with E-state index >= 15 is 0 Å². The van der Waals surface area contributed by atoms with E-state index in [-0.39, 0.29) is 11.8 Å². The van der Waals surface area contributed by atoms with E-state index in [1.54, 1.807) is 18.2 Å². The second-order valence-corrected chi connectivity index (χ2v) is 4.39. The highest BCUT2D eigenvalue weighted by Gasteiger charge is 2.29. The predicted molar refractivity (Wildman–Crippen MR) is 62.6 cm³/mol. The summed E-state index contributed by atoms with van der Waals surface area (Å²) in [4.78, 5) is 0. The fourth-order valence-electron chi connectivity index (χ4n) is 2.04. The minimum absolute atomic E-state index is 0.108. The van der Waals surface area contributed by atoms with E-state index in [9.17, 15) is 13.2 Å². The van der Waals surface area contributed by atoms with Crippen molar-refractivity contribution >= 4 is 0 Å². The summed E-state index contributed by atoms with van der Waals surface area (Å²) in [6.07, 6.45) is 2.72. The summed E-state index contributed by atoms with van der Waals surface area (Å²) in [5.41, 5.74) is 3.15. The number of alkyl halides is 3. The Morgan fingerprint density at radius 1 is 1.28 bits per heavy atom. The van der Waals surface area contributed by atoms with Gasteiger partial charge in [0.25, 0.3) is 0 Å². The third-order valence-electron chi connectivity index (χ3n) is 2.77. The smallest absolute Gasteiger partial charge is 0.422 e. The molecule has 0 amide bonds. The molecule has 98 valence electrons. The lowest BCUT2D eigenvalue weighted by Gasteiger charge is -2.27. The number of fused-ring (bicyclic) bond motifs is 1. The van der Waals surface area contributed by atoms with Gasteiger partial charge in [-0.15, -0.1) is 0 Å². The predicted octanol–water partition coefficient (Wildman–Crippen LogP) is 3.21. The molecule has 0 aromatic rings. The lowest BCUT2D eigenvalue weighted by molar-refractivity contribution is -0.163. The standard InChI is InChI=1S/C13H14F3NO/c1-8-5-9(2)17-12-6-10(3-4-11(8)12)18-7-13(14,15)16/h3-6,12,17H,7H2,1-2H3. The van der Waals surface area contributed by atoms with E-state index in [0.29, 0.717) is 0 Å². The van der Waals surface area contributed by atoms with Crippen LogP contribution < -0.4 is 5.32 Å². The second-order valence-electron chi connectivity index (χ2n) is 4.39. The molecule has 0 fully saturated rings. The van der Waals surface area contributed by atoms with E-state index in [4.69, 9.17) is 4.74 Å². The molecule has 1 atom stereocenters. The van der Waals surface area contributed by atoms with Crippen LogP contribution in [-0.2, 0) is 4.74 Å². The van der Waals surface area contributed by atoms with Crippen molar-refractivity contribution < 1.29 is 17.9 Å². The first-order valence-corrected chi connectivity index (χ1v) is 5.60. The SMILES string of the molecule is CC1=CC(C)=C2C=CC(OCC(F)(F)F)=CC2N1. The van der Waals surface area contributed by atoms with Gasteiger partial charge in [0.1, 0.15) is 5.76 Å². The van der Waals surface area contributed by atoms with Crippen LogP contribution in [0, 0.1) is 0 Å². The summed E-state index contributed by atoms with van der Waals surface area (Å²) < 4.78 is 40.9. The Kier molecular flexibility index (Phi) is 3.24. The molecule has 1 aliphatic heterocycles. The van der Waals surface area contributed by atoms with Crippen molar-refractivity contribution in [2.75, 3.05) is 6.61 Å². The van der Waals surface area contributed by atoms with Crippen molar-refractivity contribution in [3.63, 3.8) is 0 Å². The van der Waals surface area contributed by atoms with E-state index in [1.165, 1.54) is 0 Å². The fraction of sp³-hybridized carbons (Fsp3) is 0.385. The minimum atomic E-state index is -4.31. The third-order valence-corrected chi connectivity index (χ3v) is 2.77. The second kappa shape index (κ2) is 4.55. The first-order valence-electron chi connectivity index (χ1n) is 5.60. The number of hydrogen-bond acceptors (Lipinski definition) is 2. The van der Waals surface area contributed by atoms with Crippen molar-refractivity contribution in [2.45, 2.75) is 26.1 Å². The van der Waals surface area contributed by atoms with E-state index in [1.807, 2.05) is 19.9 Å². The largest absolute Gasteiger partial charge is 0.484 e. The molecular weight excluding hydrogens is 243 g/mol. The van der Waals surface area contributed by atoms with Crippen LogP contribution in [0.5, 0.6) is 0 Å². The Morgan fingerprint density at radius 2 is 2.00 bits per heavy atom. The minimum Gasteiger partial charge on any atom is -0.484 e. The number of allylic oxidation sites excluding steroid dienone is 4. The molecule has 1 N–H and O–H groups in total. The number of ether oxygens (including phenoxy) is 1. The molecule has 2 aliphatic rings. The van der Waals surface area contributed by atoms with Gasteiger partial charge in [-0.1, -0.05) is 6.08 Å². The number of rotatable bonds is 2. The van der Waals surface area contributed by atoms with Crippen LogP contribution in [0.1, 0.15) is 13.8 Å². The normalized spacial score (nSPS) is 23.1. The molecule has 0 aromatic carbocycles. The maximum absolute atomic E-state index is 12.1. The van der Waals surface area contributed by atoms with Crippen LogP contribution in [0.3, 0.4) is 0 Å². The summed E-state index contributed by atoms with van der Waals surface area (Å²) in [5, 5.41) is 3.19. The molecule has 1 heterocycles. The molecule has 0 saturated heterocycles. The molecule has 0 spiro atoms. The maximum Gasteiger partial charge on any atom is 0.422 e. The van der Waals surface area contributed by atoms with Crippen molar-refractivity contribution in [1.29, 1.82) is 0 Å². The molecule has 0 bridgehead atoms. The molecular formula is C13H14F3NO. The first-order chi connectivity index (χ1) is 8.35. The summed E-state index contributed by atoms with van der Waals surface area (Å²) in [6, 6.07) is -0.108. The molecule has 0 radical (unpaired) electrons. The number of dihydropyridines is 1. The van der Waals surface area contributed by atoms with Gasteiger partial charge in [-0.05, 0) is 43.2 Å². The Labute approximate surface area is 104 Å². The van der Waals surface area contributed by atoms with Gasteiger partial charge in [-0.25, -0.2) is 0 Å². The van der Waals surface area contributed by atoms with Gasteiger partial charge < -0.3 is 10.1 Å².